The first-order valence-corrected chi connectivity index (χ1v) is 8.62. The van der Waals surface area contributed by atoms with Crippen LogP contribution in [0.3, 0.4) is 0 Å². The van der Waals surface area contributed by atoms with Gasteiger partial charge in [0.15, 0.2) is 11.5 Å². The van der Waals surface area contributed by atoms with E-state index in [-0.39, 0.29) is 24.2 Å². The molecule has 0 saturated heterocycles. The molecule has 7 nitrogen and oxygen atoms in total. The molecule has 0 bridgehead atoms. The molecule has 2 aliphatic rings. The maximum atomic E-state index is 13.1. The molecule has 2 aromatic rings. The number of carbonyl (C=O) groups is 1. The largest absolute Gasteiger partial charge is 0.454 e. The third-order valence-electron chi connectivity index (χ3n) is 4.61. The summed E-state index contributed by atoms with van der Waals surface area (Å²) in [6.07, 6.45) is 0. The Balaban J connectivity index is 1.77. The second-order valence-electron chi connectivity index (χ2n) is 6.33. The van der Waals surface area contributed by atoms with Crippen molar-refractivity contribution in [2.75, 3.05) is 12.1 Å². The van der Waals surface area contributed by atoms with Crippen LogP contribution in [0.1, 0.15) is 18.4 Å². The Morgan fingerprint density at radius 1 is 1.18 bits per heavy atom. The zero-order valence-corrected chi connectivity index (χ0v) is 15.1. The number of nitrogens with one attached hydrogen (secondary N) is 1. The van der Waals surface area contributed by atoms with Crippen molar-refractivity contribution >= 4 is 11.6 Å². The summed E-state index contributed by atoms with van der Waals surface area (Å²) in [4.78, 5) is 13.1. The predicted molar refractivity (Wildman–Crippen MR) is 101 cm³/mol. The first-order valence-electron chi connectivity index (χ1n) is 8.62. The van der Waals surface area contributed by atoms with E-state index in [1.807, 2.05) is 18.2 Å². The number of hydrogen-bond donors (Lipinski definition) is 2. The molecule has 3 N–H and O–H groups in total. The molecular weight excluding hydrogens is 358 g/mol. The number of ether oxygens (including phenoxy) is 3. The van der Waals surface area contributed by atoms with Crippen molar-refractivity contribution in [2.45, 2.75) is 12.8 Å². The van der Waals surface area contributed by atoms with Gasteiger partial charge in [-0.1, -0.05) is 24.3 Å². The average molecular weight is 375 g/mol. The molecule has 2 heterocycles. The lowest BCUT2D eigenvalue weighted by Crippen LogP contribution is -2.27. The van der Waals surface area contributed by atoms with Crippen LogP contribution in [0.25, 0.3) is 0 Å². The van der Waals surface area contributed by atoms with Crippen molar-refractivity contribution in [2.24, 2.45) is 5.73 Å². The smallest absolute Gasteiger partial charge is 0.255 e. The molecule has 7 heteroatoms. The number of nitrogens with zero attached hydrogens (tertiary/aromatic N) is 1. The van der Waals surface area contributed by atoms with Crippen molar-refractivity contribution < 1.29 is 19.0 Å². The lowest BCUT2D eigenvalue weighted by molar-refractivity contribution is -0.113. The lowest BCUT2D eigenvalue weighted by atomic mass is 9.82. The van der Waals surface area contributed by atoms with Crippen LogP contribution in [0.4, 0.5) is 5.69 Å². The lowest BCUT2D eigenvalue weighted by Gasteiger charge is -2.27. The van der Waals surface area contributed by atoms with Crippen molar-refractivity contribution in [3.63, 3.8) is 0 Å². The molecule has 2 aliphatic heterocycles. The van der Waals surface area contributed by atoms with Crippen LogP contribution >= 0.6 is 0 Å². The number of hydrogen-bond acceptors (Lipinski definition) is 6. The maximum absolute atomic E-state index is 13.1. The van der Waals surface area contributed by atoms with E-state index in [9.17, 15) is 10.1 Å². The summed E-state index contributed by atoms with van der Waals surface area (Å²) in [7, 11) is 0. The summed E-state index contributed by atoms with van der Waals surface area (Å²) >= 11 is 0. The number of rotatable bonds is 3. The zero-order valence-electron chi connectivity index (χ0n) is 15.1. The highest BCUT2D eigenvalue weighted by Gasteiger charge is 2.36. The molecule has 2 aromatic carbocycles. The number of para-hydroxylation sites is 1. The molecule has 1 amide bonds. The van der Waals surface area contributed by atoms with Crippen LogP contribution in [0, 0.1) is 11.3 Å². The van der Waals surface area contributed by atoms with Gasteiger partial charge >= 0.3 is 0 Å². The molecule has 0 fully saturated rings. The number of carbonyl (C=O) groups excluding carboxylic acids is 1. The summed E-state index contributed by atoms with van der Waals surface area (Å²) in [5.41, 5.74) is 7.75. The maximum Gasteiger partial charge on any atom is 0.255 e. The Hall–Kier alpha value is -3.92. The van der Waals surface area contributed by atoms with Crippen LogP contribution in [0.15, 0.2) is 71.3 Å². The molecule has 0 unspecified atom stereocenters. The topological polar surface area (TPSA) is 107 Å². The minimum absolute atomic E-state index is 0.0149. The Morgan fingerprint density at radius 3 is 2.68 bits per heavy atom. The molecule has 0 saturated carbocycles. The van der Waals surface area contributed by atoms with E-state index in [0.29, 0.717) is 34.1 Å². The van der Waals surface area contributed by atoms with Gasteiger partial charge in [0.1, 0.15) is 17.4 Å². The standard InChI is InChI=1S/C21H17N3O4/c1-12-18(21(25)24-14-5-3-2-4-6-14)19(15(10-22)20(23)28-12)13-7-8-16-17(9-13)27-11-26-16/h2-9,19H,11,23H2,1H3,(H,24,25)/t19-/m1/s1. The fourth-order valence-electron chi connectivity index (χ4n) is 3.32. The van der Waals surface area contributed by atoms with E-state index < -0.39 is 5.92 Å². The van der Waals surface area contributed by atoms with Crippen LogP contribution in [-0.2, 0) is 9.53 Å². The van der Waals surface area contributed by atoms with Crippen molar-refractivity contribution in [1.29, 1.82) is 5.26 Å². The average Bonchev–Trinajstić information content (AvgIpc) is 3.16. The first kappa shape index (κ1) is 17.5. The van der Waals surface area contributed by atoms with E-state index in [1.165, 1.54) is 0 Å². The normalized spacial score (nSPS) is 17.8. The van der Waals surface area contributed by atoms with Crippen LogP contribution < -0.4 is 20.5 Å². The Morgan fingerprint density at radius 2 is 1.93 bits per heavy atom. The molecule has 0 radical (unpaired) electrons. The molecule has 4 rings (SSSR count). The summed E-state index contributed by atoms with van der Waals surface area (Å²) in [5.74, 6) is 0.442. The second-order valence-corrected chi connectivity index (χ2v) is 6.33. The summed E-state index contributed by atoms with van der Waals surface area (Å²) in [5, 5.41) is 12.5. The zero-order chi connectivity index (χ0) is 19.7. The molecule has 0 spiro atoms. The minimum Gasteiger partial charge on any atom is -0.454 e. The molecule has 0 aliphatic carbocycles. The number of amides is 1. The number of fused-ring (bicyclic) bond motifs is 1. The monoisotopic (exact) mass is 375 g/mol. The van der Waals surface area contributed by atoms with Gasteiger partial charge in [-0.25, -0.2) is 0 Å². The first-order chi connectivity index (χ1) is 13.6. The van der Waals surface area contributed by atoms with E-state index in [0.717, 1.165) is 0 Å². The molecule has 1 atom stereocenters. The number of nitriles is 1. The Labute approximate surface area is 161 Å². The Kier molecular flexibility index (Phi) is 4.38. The molecule has 0 aromatic heterocycles. The summed E-state index contributed by atoms with van der Waals surface area (Å²) < 4.78 is 16.3. The van der Waals surface area contributed by atoms with Gasteiger partial charge < -0.3 is 25.3 Å². The number of nitrogens with two attached hydrogens (primary N) is 1. The van der Waals surface area contributed by atoms with E-state index in [4.69, 9.17) is 19.9 Å². The number of allylic oxidation sites excluding steroid dienone is 2. The highest BCUT2D eigenvalue weighted by atomic mass is 16.7. The Bertz CT molecular complexity index is 1050. The summed E-state index contributed by atoms with van der Waals surface area (Å²) in [6, 6.07) is 16.4. The third-order valence-corrected chi connectivity index (χ3v) is 4.61. The van der Waals surface area contributed by atoms with Gasteiger partial charge in [-0.2, -0.15) is 5.26 Å². The van der Waals surface area contributed by atoms with Gasteiger partial charge in [-0.3, -0.25) is 4.79 Å². The van der Waals surface area contributed by atoms with Crippen LogP contribution in [-0.4, -0.2) is 12.7 Å². The van der Waals surface area contributed by atoms with E-state index in [2.05, 4.69) is 11.4 Å². The minimum atomic E-state index is -0.683. The van der Waals surface area contributed by atoms with Crippen molar-refractivity contribution in [1.82, 2.24) is 0 Å². The molecule has 140 valence electrons. The second kappa shape index (κ2) is 7.00. The number of benzene rings is 2. The van der Waals surface area contributed by atoms with Crippen molar-refractivity contribution in [3.05, 3.63) is 76.9 Å². The van der Waals surface area contributed by atoms with Gasteiger partial charge in [0.25, 0.3) is 5.91 Å². The van der Waals surface area contributed by atoms with Gasteiger partial charge in [-0.15, -0.1) is 0 Å². The predicted octanol–water partition coefficient (Wildman–Crippen LogP) is 3.14. The van der Waals surface area contributed by atoms with E-state index in [1.54, 1.807) is 37.3 Å². The van der Waals surface area contributed by atoms with Crippen LogP contribution in [0.2, 0.25) is 0 Å². The van der Waals surface area contributed by atoms with Gasteiger partial charge in [-0.05, 0) is 36.8 Å². The van der Waals surface area contributed by atoms with Gasteiger partial charge in [0.05, 0.1) is 11.5 Å². The molecular formula is C21H17N3O4. The fraction of sp³-hybridized carbons (Fsp3) is 0.143. The highest BCUT2D eigenvalue weighted by Crippen LogP contribution is 2.43. The van der Waals surface area contributed by atoms with Crippen molar-refractivity contribution in [3.8, 4) is 17.6 Å². The summed E-state index contributed by atoms with van der Waals surface area (Å²) in [6.45, 7) is 1.78. The van der Waals surface area contributed by atoms with E-state index >= 15 is 0 Å². The molecule has 28 heavy (non-hydrogen) atoms. The number of anilines is 1. The fourth-order valence-corrected chi connectivity index (χ4v) is 3.32. The SMILES string of the molecule is CC1=C(C(=O)Nc2ccccc2)[C@H](c2ccc3c(c2)OCO3)C(C#N)=C(N)O1. The van der Waals surface area contributed by atoms with Crippen LogP contribution in [0.5, 0.6) is 11.5 Å². The van der Waals surface area contributed by atoms with Gasteiger partial charge in [0.2, 0.25) is 12.7 Å². The van der Waals surface area contributed by atoms with Gasteiger partial charge in [0, 0.05) is 5.69 Å². The highest BCUT2D eigenvalue weighted by molar-refractivity contribution is 6.06. The third kappa shape index (κ3) is 3.01. The quantitative estimate of drug-likeness (QED) is 0.854.